The van der Waals surface area contributed by atoms with Crippen LogP contribution in [0.3, 0.4) is 0 Å². The molecular formula is C17H27N5OS. The Morgan fingerprint density at radius 3 is 2.75 bits per heavy atom. The minimum absolute atomic E-state index is 0.0739. The van der Waals surface area contributed by atoms with Gasteiger partial charge in [0, 0.05) is 38.1 Å². The standard InChI is InChI=1S/C17H27N5OS/c1-17(2,3)14-12-22-15(18-14)24-16(19-22)21-5-4-13(11-21)10-20-6-8-23-9-7-20/h12-13H,4-11H2,1-3H3/t13-/m0/s1. The third kappa shape index (κ3) is 3.30. The van der Waals surface area contributed by atoms with Crippen LogP contribution in [0.15, 0.2) is 6.20 Å². The minimum Gasteiger partial charge on any atom is -0.379 e. The van der Waals surface area contributed by atoms with E-state index in [-0.39, 0.29) is 5.41 Å². The molecule has 2 aliphatic heterocycles. The quantitative estimate of drug-likeness (QED) is 0.850. The molecule has 0 spiro atoms. The first-order chi connectivity index (χ1) is 11.5. The van der Waals surface area contributed by atoms with Crippen LogP contribution in [0.5, 0.6) is 0 Å². The smallest absolute Gasteiger partial charge is 0.214 e. The predicted molar refractivity (Wildman–Crippen MR) is 97.1 cm³/mol. The number of nitrogens with zero attached hydrogens (tertiary/aromatic N) is 5. The largest absolute Gasteiger partial charge is 0.379 e. The van der Waals surface area contributed by atoms with Gasteiger partial charge < -0.3 is 9.64 Å². The topological polar surface area (TPSA) is 45.9 Å². The summed E-state index contributed by atoms with van der Waals surface area (Å²) in [4.78, 5) is 10.7. The lowest BCUT2D eigenvalue weighted by Crippen LogP contribution is -2.39. The van der Waals surface area contributed by atoms with Gasteiger partial charge >= 0.3 is 0 Å². The van der Waals surface area contributed by atoms with Gasteiger partial charge in [0.25, 0.3) is 0 Å². The highest BCUT2D eigenvalue weighted by atomic mass is 32.1. The highest BCUT2D eigenvalue weighted by molar-refractivity contribution is 7.20. The monoisotopic (exact) mass is 349 g/mol. The molecule has 0 aliphatic carbocycles. The number of aromatic nitrogens is 3. The summed E-state index contributed by atoms with van der Waals surface area (Å²) in [6.07, 6.45) is 3.34. The van der Waals surface area contributed by atoms with Gasteiger partial charge in [-0.25, -0.2) is 9.50 Å². The fourth-order valence-electron chi connectivity index (χ4n) is 3.48. The molecule has 0 unspecified atom stereocenters. The van der Waals surface area contributed by atoms with Gasteiger partial charge in [-0.1, -0.05) is 32.1 Å². The summed E-state index contributed by atoms with van der Waals surface area (Å²) in [5.74, 6) is 0.740. The summed E-state index contributed by atoms with van der Waals surface area (Å²) in [7, 11) is 0. The van der Waals surface area contributed by atoms with Crippen molar-refractivity contribution in [1.29, 1.82) is 0 Å². The van der Waals surface area contributed by atoms with Gasteiger partial charge in [-0.15, -0.1) is 5.10 Å². The number of ether oxygens (including phenoxy) is 1. The molecule has 6 nitrogen and oxygen atoms in total. The number of anilines is 1. The van der Waals surface area contributed by atoms with E-state index in [1.165, 1.54) is 13.0 Å². The van der Waals surface area contributed by atoms with Crippen LogP contribution in [0, 0.1) is 5.92 Å². The molecule has 2 aromatic heterocycles. The molecule has 24 heavy (non-hydrogen) atoms. The molecule has 2 aromatic rings. The Kier molecular flexibility index (Phi) is 4.26. The first-order valence-corrected chi connectivity index (χ1v) is 9.72. The molecule has 132 valence electrons. The number of fused-ring (bicyclic) bond motifs is 1. The molecule has 0 radical (unpaired) electrons. The highest BCUT2D eigenvalue weighted by Crippen LogP contribution is 2.30. The van der Waals surface area contributed by atoms with Crippen molar-refractivity contribution in [3.8, 4) is 0 Å². The lowest BCUT2D eigenvalue weighted by atomic mass is 9.93. The van der Waals surface area contributed by atoms with E-state index in [4.69, 9.17) is 14.8 Å². The van der Waals surface area contributed by atoms with Gasteiger partial charge in [0.2, 0.25) is 10.1 Å². The van der Waals surface area contributed by atoms with E-state index in [1.807, 2.05) is 4.52 Å². The van der Waals surface area contributed by atoms with Crippen molar-refractivity contribution in [3.05, 3.63) is 11.9 Å². The Bertz CT molecular complexity index is 666. The van der Waals surface area contributed by atoms with Crippen LogP contribution < -0.4 is 4.90 Å². The van der Waals surface area contributed by atoms with Crippen LogP contribution >= 0.6 is 11.3 Å². The van der Waals surface area contributed by atoms with Crippen molar-refractivity contribution in [2.75, 3.05) is 50.8 Å². The molecule has 4 rings (SSSR count). The molecule has 4 heterocycles. The van der Waals surface area contributed by atoms with Crippen LogP contribution in [0.4, 0.5) is 5.13 Å². The second kappa shape index (κ2) is 6.28. The molecule has 0 N–H and O–H groups in total. The molecule has 2 saturated heterocycles. The van der Waals surface area contributed by atoms with Gasteiger partial charge in [-0.2, -0.15) is 0 Å². The number of morpholine rings is 1. The van der Waals surface area contributed by atoms with Crippen molar-refractivity contribution in [2.45, 2.75) is 32.6 Å². The molecule has 0 amide bonds. The SMILES string of the molecule is CC(C)(C)c1cn2nc(N3CC[C@@H](CN4CCOCC4)C3)sc2n1. The van der Waals surface area contributed by atoms with Crippen molar-refractivity contribution < 1.29 is 4.74 Å². The zero-order valence-corrected chi connectivity index (χ0v) is 15.7. The Labute approximate surface area is 147 Å². The average Bonchev–Trinajstić information content (AvgIpc) is 3.20. The maximum Gasteiger partial charge on any atom is 0.214 e. The summed E-state index contributed by atoms with van der Waals surface area (Å²) in [5, 5.41) is 5.89. The zero-order chi connectivity index (χ0) is 16.7. The van der Waals surface area contributed by atoms with Gasteiger partial charge in [0.15, 0.2) is 0 Å². The maximum absolute atomic E-state index is 5.44. The Morgan fingerprint density at radius 2 is 2.04 bits per heavy atom. The molecule has 0 aromatic carbocycles. The third-order valence-corrected chi connectivity index (χ3v) is 5.96. The molecule has 1 atom stereocenters. The zero-order valence-electron chi connectivity index (χ0n) is 14.9. The molecule has 0 saturated carbocycles. The summed E-state index contributed by atoms with van der Waals surface area (Å²) < 4.78 is 7.40. The number of rotatable bonds is 3. The van der Waals surface area contributed by atoms with Crippen molar-refractivity contribution in [2.24, 2.45) is 5.92 Å². The van der Waals surface area contributed by atoms with Crippen LogP contribution in [0.2, 0.25) is 0 Å². The van der Waals surface area contributed by atoms with E-state index in [1.54, 1.807) is 11.3 Å². The molecule has 2 fully saturated rings. The van der Waals surface area contributed by atoms with Crippen LogP contribution in [0.1, 0.15) is 32.9 Å². The highest BCUT2D eigenvalue weighted by Gasteiger charge is 2.28. The van der Waals surface area contributed by atoms with Gasteiger partial charge in [-0.3, -0.25) is 4.90 Å². The van der Waals surface area contributed by atoms with E-state index in [9.17, 15) is 0 Å². The normalized spacial score (nSPS) is 23.5. The molecule has 2 aliphatic rings. The predicted octanol–water partition coefficient (Wildman–Crippen LogP) is 2.25. The van der Waals surface area contributed by atoms with Crippen molar-refractivity contribution in [3.63, 3.8) is 0 Å². The number of hydrogen-bond acceptors (Lipinski definition) is 6. The number of imidazole rings is 1. The first kappa shape index (κ1) is 16.3. The van der Waals surface area contributed by atoms with Gasteiger partial charge in [0.1, 0.15) is 0 Å². The van der Waals surface area contributed by atoms with Crippen LogP contribution in [-0.2, 0) is 10.2 Å². The summed E-state index contributed by atoms with van der Waals surface area (Å²) in [5.41, 5.74) is 1.18. The van der Waals surface area contributed by atoms with Gasteiger partial charge in [-0.05, 0) is 12.3 Å². The van der Waals surface area contributed by atoms with E-state index < -0.39 is 0 Å². The van der Waals surface area contributed by atoms with Crippen LogP contribution in [0.25, 0.3) is 4.96 Å². The van der Waals surface area contributed by atoms with E-state index in [0.29, 0.717) is 0 Å². The second-order valence-corrected chi connectivity index (χ2v) is 8.94. The summed E-state index contributed by atoms with van der Waals surface area (Å²) in [6, 6.07) is 0. The number of hydrogen-bond donors (Lipinski definition) is 0. The van der Waals surface area contributed by atoms with E-state index in [2.05, 4.69) is 36.8 Å². The van der Waals surface area contributed by atoms with Crippen molar-refractivity contribution in [1.82, 2.24) is 19.5 Å². The maximum atomic E-state index is 5.44. The second-order valence-electron chi connectivity index (χ2n) is 8.00. The van der Waals surface area contributed by atoms with E-state index in [0.717, 1.165) is 61.1 Å². The van der Waals surface area contributed by atoms with Crippen LogP contribution in [-0.4, -0.2) is 65.4 Å². The molecule has 0 bridgehead atoms. The summed E-state index contributed by atoms with van der Waals surface area (Å²) >= 11 is 1.71. The third-order valence-electron chi connectivity index (χ3n) is 4.98. The fraction of sp³-hybridized carbons (Fsp3) is 0.765. The van der Waals surface area contributed by atoms with E-state index >= 15 is 0 Å². The summed E-state index contributed by atoms with van der Waals surface area (Å²) in [6.45, 7) is 13.9. The lowest BCUT2D eigenvalue weighted by Gasteiger charge is -2.28. The fourth-order valence-corrected chi connectivity index (χ4v) is 4.40. The van der Waals surface area contributed by atoms with Gasteiger partial charge in [0.05, 0.1) is 25.1 Å². The Morgan fingerprint density at radius 1 is 1.25 bits per heavy atom. The minimum atomic E-state index is 0.0739. The Balaban J connectivity index is 1.41. The lowest BCUT2D eigenvalue weighted by molar-refractivity contribution is 0.0320. The van der Waals surface area contributed by atoms with Crippen molar-refractivity contribution >= 4 is 21.4 Å². The Hall–Kier alpha value is -1.18. The first-order valence-electron chi connectivity index (χ1n) is 8.91. The molecular weight excluding hydrogens is 322 g/mol. The average molecular weight is 350 g/mol. The molecule has 7 heteroatoms.